The maximum Gasteiger partial charge on any atom is 0.255 e. The average molecular weight is 361 g/mol. The minimum atomic E-state index is -3.42. The number of hydrogen-bond donors (Lipinski definition) is 3. The number of nitrogens with one attached hydrogen (secondary N) is 3. The van der Waals surface area contributed by atoms with E-state index in [0.29, 0.717) is 29.0 Å². The van der Waals surface area contributed by atoms with Gasteiger partial charge in [0.25, 0.3) is 5.91 Å². The van der Waals surface area contributed by atoms with Crippen LogP contribution in [0, 0.1) is 0 Å². The maximum atomic E-state index is 12.3. The van der Waals surface area contributed by atoms with Gasteiger partial charge in [-0.15, -0.1) is 0 Å². The Balaban J connectivity index is 2.13. The van der Waals surface area contributed by atoms with Gasteiger partial charge in [0.05, 0.1) is 6.26 Å². The largest absolute Gasteiger partial charge is 0.326 e. The van der Waals surface area contributed by atoms with E-state index in [4.69, 9.17) is 0 Å². The van der Waals surface area contributed by atoms with E-state index in [9.17, 15) is 18.0 Å². The molecule has 0 radical (unpaired) electrons. The van der Waals surface area contributed by atoms with Crippen molar-refractivity contribution in [3.63, 3.8) is 0 Å². The zero-order valence-electron chi connectivity index (χ0n) is 13.9. The monoisotopic (exact) mass is 361 g/mol. The summed E-state index contributed by atoms with van der Waals surface area (Å²) in [5, 5.41) is 5.43. The molecule has 0 aliphatic rings. The molecule has 0 aromatic heterocycles. The third-order valence-electron chi connectivity index (χ3n) is 3.15. The number of amides is 2. The zero-order valence-corrected chi connectivity index (χ0v) is 14.7. The molecular weight excluding hydrogens is 342 g/mol. The number of hydrogen-bond acceptors (Lipinski definition) is 4. The third-order valence-corrected chi connectivity index (χ3v) is 3.76. The number of carbonyl (C=O) groups excluding carboxylic acids is 2. The van der Waals surface area contributed by atoms with Gasteiger partial charge in [-0.2, -0.15) is 0 Å². The van der Waals surface area contributed by atoms with Crippen LogP contribution >= 0.6 is 0 Å². The molecule has 2 rings (SSSR count). The molecule has 0 aliphatic heterocycles. The van der Waals surface area contributed by atoms with Gasteiger partial charge in [0.1, 0.15) is 0 Å². The Morgan fingerprint density at radius 2 is 1.52 bits per heavy atom. The highest BCUT2D eigenvalue weighted by molar-refractivity contribution is 7.92. The predicted molar refractivity (Wildman–Crippen MR) is 98.2 cm³/mol. The SMILES string of the molecule is CCC(=O)Nc1cccc(NC(=O)c2cccc(NS(C)(=O)=O)c2)c1. The van der Waals surface area contributed by atoms with Gasteiger partial charge in [0, 0.05) is 29.0 Å². The summed E-state index contributed by atoms with van der Waals surface area (Å²) in [4.78, 5) is 23.8. The minimum absolute atomic E-state index is 0.122. The zero-order chi connectivity index (χ0) is 18.4. The molecule has 0 heterocycles. The Bertz CT molecular complexity index is 894. The number of benzene rings is 2. The Kier molecular flexibility index (Phi) is 5.76. The highest BCUT2D eigenvalue weighted by Crippen LogP contribution is 2.18. The molecule has 2 aromatic carbocycles. The molecule has 0 unspecified atom stereocenters. The molecule has 0 saturated carbocycles. The van der Waals surface area contributed by atoms with Crippen LogP contribution in [0.15, 0.2) is 48.5 Å². The second-order valence-electron chi connectivity index (χ2n) is 5.39. The van der Waals surface area contributed by atoms with Crippen LogP contribution in [0.3, 0.4) is 0 Å². The minimum Gasteiger partial charge on any atom is -0.326 e. The molecular formula is C17H19N3O4S. The second-order valence-corrected chi connectivity index (χ2v) is 7.14. The van der Waals surface area contributed by atoms with Crippen molar-refractivity contribution in [2.75, 3.05) is 21.6 Å². The molecule has 25 heavy (non-hydrogen) atoms. The first-order valence-electron chi connectivity index (χ1n) is 7.56. The van der Waals surface area contributed by atoms with Gasteiger partial charge >= 0.3 is 0 Å². The van der Waals surface area contributed by atoms with Crippen molar-refractivity contribution in [1.82, 2.24) is 0 Å². The first-order chi connectivity index (χ1) is 11.8. The van der Waals surface area contributed by atoms with Crippen molar-refractivity contribution in [2.24, 2.45) is 0 Å². The fourth-order valence-electron chi connectivity index (χ4n) is 2.07. The summed E-state index contributed by atoms with van der Waals surface area (Å²) in [6, 6.07) is 12.9. The Morgan fingerprint density at radius 3 is 2.16 bits per heavy atom. The van der Waals surface area contributed by atoms with E-state index in [1.165, 1.54) is 6.07 Å². The molecule has 0 saturated heterocycles. The van der Waals surface area contributed by atoms with Crippen LogP contribution in [0.5, 0.6) is 0 Å². The second kappa shape index (κ2) is 7.80. The highest BCUT2D eigenvalue weighted by Gasteiger charge is 2.09. The molecule has 0 bridgehead atoms. The van der Waals surface area contributed by atoms with Crippen molar-refractivity contribution in [3.05, 3.63) is 54.1 Å². The Morgan fingerprint density at radius 1 is 0.920 bits per heavy atom. The summed E-state index contributed by atoms with van der Waals surface area (Å²) < 4.78 is 24.9. The summed E-state index contributed by atoms with van der Waals surface area (Å²) in [6.45, 7) is 1.75. The average Bonchev–Trinajstić information content (AvgIpc) is 2.53. The van der Waals surface area contributed by atoms with Crippen molar-refractivity contribution >= 4 is 38.9 Å². The lowest BCUT2D eigenvalue weighted by molar-refractivity contribution is -0.115. The van der Waals surface area contributed by atoms with E-state index in [0.717, 1.165) is 6.26 Å². The van der Waals surface area contributed by atoms with Gasteiger partial charge < -0.3 is 10.6 Å². The van der Waals surface area contributed by atoms with Crippen molar-refractivity contribution in [3.8, 4) is 0 Å². The molecule has 132 valence electrons. The number of carbonyl (C=O) groups is 2. The standard InChI is InChI=1S/C17H19N3O4S/c1-3-16(21)18-13-7-5-8-14(11-13)19-17(22)12-6-4-9-15(10-12)20-25(2,23)24/h4-11,20H,3H2,1-2H3,(H,18,21)(H,19,22). The lowest BCUT2D eigenvalue weighted by atomic mass is 10.2. The van der Waals surface area contributed by atoms with Crippen LogP contribution in [0.4, 0.5) is 17.1 Å². The van der Waals surface area contributed by atoms with E-state index in [1.54, 1.807) is 49.4 Å². The van der Waals surface area contributed by atoms with E-state index >= 15 is 0 Å². The van der Waals surface area contributed by atoms with Gasteiger partial charge in [0.15, 0.2) is 0 Å². The lowest BCUT2D eigenvalue weighted by Crippen LogP contribution is -2.14. The molecule has 0 spiro atoms. The molecule has 0 fully saturated rings. The normalized spacial score (nSPS) is 10.8. The number of rotatable bonds is 6. The molecule has 8 heteroatoms. The van der Waals surface area contributed by atoms with Crippen LogP contribution < -0.4 is 15.4 Å². The van der Waals surface area contributed by atoms with Crippen LogP contribution in [-0.2, 0) is 14.8 Å². The lowest BCUT2D eigenvalue weighted by Gasteiger charge is -2.10. The van der Waals surface area contributed by atoms with Crippen molar-refractivity contribution in [2.45, 2.75) is 13.3 Å². The Labute approximate surface area is 146 Å². The molecule has 2 aromatic rings. The third kappa shape index (κ3) is 5.92. The first kappa shape index (κ1) is 18.5. The summed E-state index contributed by atoms with van der Waals surface area (Å²) in [5.41, 5.74) is 1.70. The molecule has 2 amide bonds. The van der Waals surface area contributed by atoms with E-state index in [1.807, 2.05) is 0 Å². The van der Waals surface area contributed by atoms with Gasteiger partial charge in [0.2, 0.25) is 15.9 Å². The molecule has 0 atom stereocenters. The predicted octanol–water partition coefficient (Wildman–Crippen LogP) is 2.66. The van der Waals surface area contributed by atoms with Gasteiger partial charge in [-0.05, 0) is 36.4 Å². The summed E-state index contributed by atoms with van der Waals surface area (Å²) >= 11 is 0. The fourth-order valence-corrected chi connectivity index (χ4v) is 2.62. The van der Waals surface area contributed by atoms with Crippen LogP contribution in [0.1, 0.15) is 23.7 Å². The van der Waals surface area contributed by atoms with Gasteiger partial charge in [-0.25, -0.2) is 8.42 Å². The molecule has 7 nitrogen and oxygen atoms in total. The first-order valence-corrected chi connectivity index (χ1v) is 9.45. The van der Waals surface area contributed by atoms with E-state index in [2.05, 4.69) is 15.4 Å². The topological polar surface area (TPSA) is 104 Å². The summed E-state index contributed by atoms with van der Waals surface area (Å²) in [5.74, 6) is -0.515. The summed E-state index contributed by atoms with van der Waals surface area (Å²) in [7, 11) is -3.42. The van der Waals surface area contributed by atoms with Crippen LogP contribution in [-0.4, -0.2) is 26.5 Å². The van der Waals surface area contributed by atoms with Gasteiger partial charge in [-0.3, -0.25) is 14.3 Å². The smallest absolute Gasteiger partial charge is 0.255 e. The quantitative estimate of drug-likeness (QED) is 0.736. The fraction of sp³-hybridized carbons (Fsp3) is 0.176. The van der Waals surface area contributed by atoms with Crippen LogP contribution in [0.2, 0.25) is 0 Å². The maximum absolute atomic E-state index is 12.3. The summed E-state index contributed by atoms with van der Waals surface area (Å²) in [6.07, 6.45) is 1.40. The molecule has 0 aliphatic carbocycles. The van der Waals surface area contributed by atoms with Crippen LogP contribution in [0.25, 0.3) is 0 Å². The van der Waals surface area contributed by atoms with Crippen molar-refractivity contribution < 1.29 is 18.0 Å². The number of sulfonamides is 1. The highest BCUT2D eigenvalue weighted by atomic mass is 32.2. The van der Waals surface area contributed by atoms with E-state index in [-0.39, 0.29) is 5.91 Å². The van der Waals surface area contributed by atoms with Crippen molar-refractivity contribution in [1.29, 1.82) is 0 Å². The molecule has 3 N–H and O–H groups in total. The Hall–Kier alpha value is -2.87. The van der Waals surface area contributed by atoms with E-state index < -0.39 is 15.9 Å². The van der Waals surface area contributed by atoms with Gasteiger partial charge in [-0.1, -0.05) is 19.1 Å². The number of anilines is 3.